The van der Waals surface area contributed by atoms with Gasteiger partial charge in [-0.05, 0) is 36.5 Å². The standard InChI is InChI=1S/C18H26N4O2/c1-14(2)10-17(23)12-20-18(24)19-9-8-15-11-21-22(13-15)16-6-4-3-5-7-16/h3-7,11,13-14,17,23H,8-10,12H2,1-2H3,(H2,19,20,24). The molecule has 6 heteroatoms. The average molecular weight is 330 g/mol. The summed E-state index contributed by atoms with van der Waals surface area (Å²) in [4.78, 5) is 11.7. The molecular formula is C18H26N4O2. The third-order valence-corrected chi connectivity index (χ3v) is 3.60. The Morgan fingerprint density at radius 3 is 2.71 bits per heavy atom. The van der Waals surface area contributed by atoms with Crippen molar-refractivity contribution in [1.82, 2.24) is 20.4 Å². The van der Waals surface area contributed by atoms with Crippen LogP contribution in [0.25, 0.3) is 5.69 Å². The molecule has 1 heterocycles. The highest BCUT2D eigenvalue weighted by Gasteiger charge is 2.08. The van der Waals surface area contributed by atoms with Crippen LogP contribution in [0.2, 0.25) is 0 Å². The summed E-state index contributed by atoms with van der Waals surface area (Å²) in [6, 6.07) is 9.63. The van der Waals surface area contributed by atoms with Crippen molar-refractivity contribution < 1.29 is 9.90 Å². The van der Waals surface area contributed by atoms with Crippen molar-refractivity contribution in [1.29, 1.82) is 0 Å². The molecule has 6 nitrogen and oxygen atoms in total. The number of carbonyl (C=O) groups is 1. The van der Waals surface area contributed by atoms with Gasteiger partial charge in [-0.3, -0.25) is 0 Å². The molecule has 0 spiro atoms. The van der Waals surface area contributed by atoms with Crippen LogP contribution < -0.4 is 10.6 Å². The van der Waals surface area contributed by atoms with E-state index in [0.717, 1.165) is 11.3 Å². The molecule has 0 aliphatic carbocycles. The first-order chi connectivity index (χ1) is 11.5. The highest BCUT2D eigenvalue weighted by Crippen LogP contribution is 2.07. The zero-order valence-electron chi connectivity index (χ0n) is 14.3. The molecule has 3 N–H and O–H groups in total. The van der Waals surface area contributed by atoms with Crippen LogP contribution >= 0.6 is 0 Å². The molecule has 0 aliphatic heterocycles. The van der Waals surface area contributed by atoms with Crippen LogP contribution in [0.4, 0.5) is 4.79 Å². The van der Waals surface area contributed by atoms with Gasteiger partial charge in [0.25, 0.3) is 0 Å². The zero-order valence-corrected chi connectivity index (χ0v) is 14.3. The van der Waals surface area contributed by atoms with E-state index in [1.54, 1.807) is 6.20 Å². The number of aromatic nitrogens is 2. The summed E-state index contributed by atoms with van der Waals surface area (Å²) in [7, 11) is 0. The minimum Gasteiger partial charge on any atom is -0.391 e. The van der Waals surface area contributed by atoms with Crippen molar-refractivity contribution >= 4 is 6.03 Å². The van der Waals surface area contributed by atoms with E-state index in [1.165, 1.54) is 0 Å². The molecule has 1 aromatic carbocycles. The van der Waals surface area contributed by atoms with E-state index in [-0.39, 0.29) is 12.6 Å². The molecule has 1 unspecified atom stereocenters. The first-order valence-corrected chi connectivity index (χ1v) is 8.33. The second-order valence-electron chi connectivity index (χ2n) is 6.30. The predicted octanol–water partition coefficient (Wildman–Crippen LogP) is 2.12. The van der Waals surface area contributed by atoms with Crippen LogP contribution in [0.15, 0.2) is 42.7 Å². The number of nitrogens with zero attached hydrogens (tertiary/aromatic N) is 2. The lowest BCUT2D eigenvalue weighted by atomic mass is 10.1. The van der Waals surface area contributed by atoms with Gasteiger partial charge in [0.1, 0.15) is 0 Å². The maximum absolute atomic E-state index is 11.7. The van der Waals surface area contributed by atoms with Gasteiger partial charge < -0.3 is 15.7 Å². The third kappa shape index (κ3) is 6.04. The predicted molar refractivity (Wildman–Crippen MR) is 94.1 cm³/mol. The number of para-hydroxylation sites is 1. The van der Waals surface area contributed by atoms with Crippen LogP contribution in [0, 0.1) is 5.92 Å². The minimum absolute atomic E-state index is 0.256. The van der Waals surface area contributed by atoms with E-state index in [4.69, 9.17) is 0 Å². The number of nitrogens with one attached hydrogen (secondary N) is 2. The van der Waals surface area contributed by atoms with Crippen LogP contribution in [0.1, 0.15) is 25.8 Å². The van der Waals surface area contributed by atoms with E-state index >= 15 is 0 Å². The van der Waals surface area contributed by atoms with Crippen LogP contribution in [-0.4, -0.2) is 40.1 Å². The van der Waals surface area contributed by atoms with E-state index in [1.807, 2.05) is 55.1 Å². The van der Waals surface area contributed by atoms with Gasteiger partial charge >= 0.3 is 6.03 Å². The number of urea groups is 1. The SMILES string of the molecule is CC(C)CC(O)CNC(=O)NCCc1cnn(-c2ccccc2)c1. The van der Waals surface area contributed by atoms with E-state index < -0.39 is 6.10 Å². The Morgan fingerprint density at radius 2 is 2.00 bits per heavy atom. The topological polar surface area (TPSA) is 79.2 Å². The van der Waals surface area contributed by atoms with Crippen molar-refractivity contribution in [3.8, 4) is 5.69 Å². The first kappa shape index (κ1) is 18.0. The Kier molecular flexibility index (Phi) is 6.81. The minimum atomic E-state index is -0.500. The summed E-state index contributed by atoms with van der Waals surface area (Å²) in [5.41, 5.74) is 2.06. The van der Waals surface area contributed by atoms with Gasteiger partial charge in [0.05, 0.1) is 18.0 Å². The summed E-state index contributed by atoms with van der Waals surface area (Å²) >= 11 is 0. The third-order valence-electron chi connectivity index (χ3n) is 3.60. The van der Waals surface area contributed by atoms with Gasteiger partial charge in [0, 0.05) is 19.3 Å². The van der Waals surface area contributed by atoms with E-state index in [9.17, 15) is 9.90 Å². The first-order valence-electron chi connectivity index (χ1n) is 8.33. The largest absolute Gasteiger partial charge is 0.391 e. The van der Waals surface area contributed by atoms with Gasteiger partial charge in [-0.2, -0.15) is 5.10 Å². The van der Waals surface area contributed by atoms with E-state index in [2.05, 4.69) is 15.7 Å². The molecule has 0 bridgehead atoms. The fourth-order valence-electron chi connectivity index (χ4n) is 2.43. The van der Waals surface area contributed by atoms with Gasteiger partial charge in [0.2, 0.25) is 0 Å². The van der Waals surface area contributed by atoms with Crippen molar-refractivity contribution in [2.45, 2.75) is 32.8 Å². The van der Waals surface area contributed by atoms with Crippen LogP contribution in [0.3, 0.4) is 0 Å². The highest BCUT2D eigenvalue weighted by molar-refractivity contribution is 5.73. The average Bonchev–Trinajstić information content (AvgIpc) is 3.02. The van der Waals surface area contributed by atoms with Gasteiger partial charge in [-0.1, -0.05) is 32.0 Å². The number of carbonyl (C=O) groups excluding carboxylic acids is 1. The Labute approximate surface area is 142 Å². The van der Waals surface area contributed by atoms with Gasteiger partial charge in [0.15, 0.2) is 0 Å². The Balaban J connectivity index is 1.69. The number of hydrogen-bond donors (Lipinski definition) is 3. The summed E-state index contributed by atoms with van der Waals surface area (Å²) in [5, 5.41) is 19.5. The molecule has 2 amide bonds. The van der Waals surface area contributed by atoms with Crippen LogP contribution in [-0.2, 0) is 6.42 Å². The fourth-order valence-corrected chi connectivity index (χ4v) is 2.43. The monoisotopic (exact) mass is 330 g/mol. The molecular weight excluding hydrogens is 304 g/mol. The van der Waals surface area contributed by atoms with Crippen molar-refractivity contribution in [2.24, 2.45) is 5.92 Å². The Bertz CT molecular complexity index is 625. The van der Waals surface area contributed by atoms with Crippen molar-refractivity contribution in [3.05, 3.63) is 48.3 Å². The molecule has 1 atom stereocenters. The van der Waals surface area contributed by atoms with Crippen LogP contribution in [0.5, 0.6) is 0 Å². The normalized spacial score (nSPS) is 12.2. The number of rotatable bonds is 8. The zero-order chi connectivity index (χ0) is 17.4. The van der Waals surface area contributed by atoms with Crippen molar-refractivity contribution in [2.75, 3.05) is 13.1 Å². The number of benzene rings is 1. The summed E-state index contributed by atoms with van der Waals surface area (Å²) in [5.74, 6) is 0.408. The lowest BCUT2D eigenvalue weighted by Gasteiger charge is -2.14. The molecule has 1 aromatic heterocycles. The summed E-state index contributed by atoms with van der Waals surface area (Å²) in [6.45, 7) is 4.88. The molecule has 0 radical (unpaired) electrons. The van der Waals surface area contributed by atoms with Gasteiger partial charge in [-0.25, -0.2) is 9.48 Å². The molecule has 130 valence electrons. The molecule has 2 aromatic rings. The molecule has 0 saturated carbocycles. The maximum atomic E-state index is 11.7. The Hall–Kier alpha value is -2.34. The number of hydrogen-bond acceptors (Lipinski definition) is 3. The number of amides is 2. The maximum Gasteiger partial charge on any atom is 0.314 e. The Morgan fingerprint density at radius 1 is 1.25 bits per heavy atom. The molecule has 0 saturated heterocycles. The number of aliphatic hydroxyl groups excluding tert-OH is 1. The second kappa shape index (κ2) is 9.08. The second-order valence-corrected chi connectivity index (χ2v) is 6.30. The quantitative estimate of drug-likeness (QED) is 0.694. The summed E-state index contributed by atoms with van der Waals surface area (Å²) in [6.07, 6.45) is 4.65. The lowest BCUT2D eigenvalue weighted by Crippen LogP contribution is -2.40. The number of aliphatic hydroxyl groups is 1. The molecule has 24 heavy (non-hydrogen) atoms. The van der Waals surface area contributed by atoms with Gasteiger partial charge in [-0.15, -0.1) is 0 Å². The molecule has 2 rings (SSSR count). The molecule has 0 fully saturated rings. The lowest BCUT2D eigenvalue weighted by molar-refractivity contribution is 0.147. The smallest absolute Gasteiger partial charge is 0.314 e. The highest BCUT2D eigenvalue weighted by atomic mass is 16.3. The molecule has 0 aliphatic rings. The van der Waals surface area contributed by atoms with E-state index in [0.29, 0.717) is 25.3 Å². The summed E-state index contributed by atoms with van der Waals surface area (Å²) < 4.78 is 1.82. The van der Waals surface area contributed by atoms with Crippen molar-refractivity contribution in [3.63, 3.8) is 0 Å². The fraction of sp³-hybridized carbons (Fsp3) is 0.444.